The zero-order chi connectivity index (χ0) is 11.3. The zero-order valence-electron chi connectivity index (χ0n) is 9.00. The first-order chi connectivity index (χ1) is 7.15. The van der Waals surface area contributed by atoms with Gasteiger partial charge in [0.15, 0.2) is 0 Å². The van der Waals surface area contributed by atoms with Crippen molar-refractivity contribution in [2.75, 3.05) is 19.6 Å². The average Bonchev–Trinajstić information content (AvgIpc) is 2.18. The molecule has 0 unspecified atom stereocenters. The van der Waals surface area contributed by atoms with E-state index in [1.54, 1.807) is 6.07 Å². The van der Waals surface area contributed by atoms with Gasteiger partial charge in [-0.25, -0.2) is 9.97 Å². The van der Waals surface area contributed by atoms with Crippen LogP contribution in [0.2, 0.25) is 10.3 Å². The van der Waals surface area contributed by atoms with E-state index in [0.717, 1.165) is 26.1 Å². The lowest BCUT2D eigenvalue weighted by Crippen LogP contribution is -2.25. The SMILES string of the molecule is CCN(CC)CCc1nc(Cl)cc(Cl)n1. The molecule has 1 heterocycles. The highest BCUT2D eigenvalue weighted by Crippen LogP contribution is 2.11. The molecule has 1 aromatic rings. The quantitative estimate of drug-likeness (QED) is 0.750. The van der Waals surface area contributed by atoms with Gasteiger partial charge in [0.1, 0.15) is 16.1 Å². The van der Waals surface area contributed by atoms with Crippen LogP contribution < -0.4 is 0 Å². The molecule has 1 rings (SSSR count). The summed E-state index contributed by atoms with van der Waals surface area (Å²) in [7, 11) is 0. The Hall–Kier alpha value is -0.380. The summed E-state index contributed by atoms with van der Waals surface area (Å²) >= 11 is 11.6. The van der Waals surface area contributed by atoms with E-state index in [1.165, 1.54) is 0 Å². The van der Waals surface area contributed by atoms with Crippen molar-refractivity contribution >= 4 is 23.2 Å². The standard InChI is InChI=1S/C10H15Cl2N3/c1-3-15(4-2)6-5-10-13-8(11)7-9(12)14-10/h7H,3-6H2,1-2H3. The molecule has 0 spiro atoms. The van der Waals surface area contributed by atoms with E-state index in [0.29, 0.717) is 16.1 Å². The third-order valence-electron chi connectivity index (χ3n) is 2.26. The second kappa shape index (κ2) is 6.26. The minimum absolute atomic E-state index is 0.407. The Balaban J connectivity index is 2.57. The second-order valence-electron chi connectivity index (χ2n) is 3.21. The summed E-state index contributed by atoms with van der Waals surface area (Å²) in [6, 6.07) is 1.55. The number of likely N-dealkylation sites (N-methyl/N-ethyl adjacent to an activating group) is 1. The lowest BCUT2D eigenvalue weighted by Gasteiger charge is -2.16. The molecule has 5 heteroatoms. The molecule has 0 atom stereocenters. The van der Waals surface area contributed by atoms with Crippen LogP contribution in [0.1, 0.15) is 19.7 Å². The maximum atomic E-state index is 5.78. The lowest BCUT2D eigenvalue weighted by atomic mass is 10.3. The molecule has 0 radical (unpaired) electrons. The average molecular weight is 248 g/mol. The van der Waals surface area contributed by atoms with E-state index in [1.807, 2.05) is 0 Å². The molecular formula is C10H15Cl2N3. The van der Waals surface area contributed by atoms with E-state index < -0.39 is 0 Å². The van der Waals surface area contributed by atoms with Crippen LogP contribution in [-0.4, -0.2) is 34.5 Å². The number of hydrogen-bond acceptors (Lipinski definition) is 3. The van der Waals surface area contributed by atoms with Crippen LogP contribution >= 0.6 is 23.2 Å². The van der Waals surface area contributed by atoms with Crippen LogP contribution in [0.25, 0.3) is 0 Å². The van der Waals surface area contributed by atoms with Gasteiger partial charge < -0.3 is 4.90 Å². The highest BCUT2D eigenvalue weighted by Gasteiger charge is 2.04. The van der Waals surface area contributed by atoms with Gasteiger partial charge in [0.25, 0.3) is 0 Å². The van der Waals surface area contributed by atoms with E-state index in [4.69, 9.17) is 23.2 Å². The Morgan fingerprint density at radius 2 is 1.67 bits per heavy atom. The Morgan fingerprint density at radius 3 is 2.13 bits per heavy atom. The smallest absolute Gasteiger partial charge is 0.134 e. The van der Waals surface area contributed by atoms with E-state index in [-0.39, 0.29) is 0 Å². The van der Waals surface area contributed by atoms with E-state index in [2.05, 4.69) is 28.7 Å². The van der Waals surface area contributed by atoms with Gasteiger partial charge in [-0.3, -0.25) is 0 Å². The monoisotopic (exact) mass is 247 g/mol. The Morgan fingerprint density at radius 1 is 1.13 bits per heavy atom. The minimum Gasteiger partial charge on any atom is -0.303 e. The molecular weight excluding hydrogens is 233 g/mol. The Labute approximate surface area is 100 Å². The number of aromatic nitrogens is 2. The largest absolute Gasteiger partial charge is 0.303 e. The molecule has 15 heavy (non-hydrogen) atoms. The molecule has 0 aliphatic carbocycles. The third kappa shape index (κ3) is 4.33. The van der Waals surface area contributed by atoms with Crippen molar-refractivity contribution in [3.8, 4) is 0 Å². The number of nitrogens with zero attached hydrogens (tertiary/aromatic N) is 3. The lowest BCUT2D eigenvalue weighted by molar-refractivity contribution is 0.306. The first-order valence-electron chi connectivity index (χ1n) is 5.07. The van der Waals surface area contributed by atoms with Gasteiger partial charge in [0.05, 0.1) is 0 Å². The van der Waals surface area contributed by atoms with Crippen molar-refractivity contribution in [3.05, 3.63) is 22.2 Å². The second-order valence-corrected chi connectivity index (χ2v) is 3.98. The summed E-state index contributed by atoms with van der Waals surface area (Å²) in [6.45, 7) is 7.27. The van der Waals surface area contributed by atoms with Crippen LogP contribution in [0, 0.1) is 0 Å². The molecule has 1 aromatic heterocycles. The molecule has 0 saturated carbocycles. The molecule has 0 fully saturated rings. The predicted molar refractivity (Wildman–Crippen MR) is 63.5 cm³/mol. The highest BCUT2D eigenvalue weighted by atomic mass is 35.5. The molecule has 0 aromatic carbocycles. The van der Waals surface area contributed by atoms with Gasteiger partial charge >= 0.3 is 0 Å². The summed E-state index contributed by atoms with van der Waals surface area (Å²) in [5, 5.41) is 0.814. The van der Waals surface area contributed by atoms with Crippen molar-refractivity contribution in [1.29, 1.82) is 0 Å². The normalized spacial score (nSPS) is 11.0. The van der Waals surface area contributed by atoms with E-state index in [9.17, 15) is 0 Å². The molecule has 0 aliphatic rings. The van der Waals surface area contributed by atoms with Crippen molar-refractivity contribution < 1.29 is 0 Å². The van der Waals surface area contributed by atoms with Gasteiger partial charge in [-0.1, -0.05) is 37.0 Å². The molecule has 0 bridgehead atoms. The summed E-state index contributed by atoms with van der Waals surface area (Å²) in [4.78, 5) is 10.5. The minimum atomic E-state index is 0.407. The predicted octanol–water partition coefficient (Wildman–Crippen LogP) is 2.67. The van der Waals surface area contributed by atoms with Crippen molar-refractivity contribution in [2.45, 2.75) is 20.3 Å². The fraction of sp³-hybridized carbons (Fsp3) is 0.600. The van der Waals surface area contributed by atoms with Crippen LogP contribution in [0.5, 0.6) is 0 Å². The Kier molecular flexibility index (Phi) is 5.29. The summed E-state index contributed by atoms with van der Waals surface area (Å²) in [6.07, 6.45) is 0.780. The van der Waals surface area contributed by atoms with Crippen molar-refractivity contribution in [1.82, 2.24) is 14.9 Å². The van der Waals surface area contributed by atoms with Crippen LogP contribution in [-0.2, 0) is 6.42 Å². The molecule has 0 aliphatic heterocycles. The van der Waals surface area contributed by atoms with Crippen LogP contribution in [0.3, 0.4) is 0 Å². The topological polar surface area (TPSA) is 29.0 Å². The molecule has 0 amide bonds. The van der Waals surface area contributed by atoms with Crippen LogP contribution in [0.4, 0.5) is 0 Å². The van der Waals surface area contributed by atoms with Crippen molar-refractivity contribution in [3.63, 3.8) is 0 Å². The van der Waals surface area contributed by atoms with Gasteiger partial charge in [-0.2, -0.15) is 0 Å². The van der Waals surface area contributed by atoms with Crippen molar-refractivity contribution in [2.24, 2.45) is 0 Å². The maximum absolute atomic E-state index is 5.78. The number of rotatable bonds is 5. The maximum Gasteiger partial charge on any atom is 0.134 e. The number of hydrogen-bond donors (Lipinski definition) is 0. The fourth-order valence-electron chi connectivity index (χ4n) is 1.34. The van der Waals surface area contributed by atoms with Crippen LogP contribution in [0.15, 0.2) is 6.07 Å². The fourth-order valence-corrected chi connectivity index (χ4v) is 1.80. The Bertz CT molecular complexity index is 293. The molecule has 0 N–H and O–H groups in total. The number of halogens is 2. The van der Waals surface area contributed by atoms with E-state index >= 15 is 0 Å². The summed E-state index contributed by atoms with van der Waals surface area (Å²) in [5.74, 6) is 0.708. The summed E-state index contributed by atoms with van der Waals surface area (Å²) in [5.41, 5.74) is 0. The highest BCUT2D eigenvalue weighted by molar-refractivity contribution is 6.33. The van der Waals surface area contributed by atoms with Gasteiger partial charge in [-0.05, 0) is 13.1 Å². The molecule has 84 valence electrons. The molecule has 3 nitrogen and oxygen atoms in total. The first kappa shape index (κ1) is 12.7. The van der Waals surface area contributed by atoms with Gasteiger partial charge in [-0.15, -0.1) is 0 Å². The molecule has 0 saturated heterocycles. The summed E-state index contributed by atoms with van der Waals surface area (Å²) < 4.78 is 0. The third-order valence-corrected chi connectivity index (χ3v) is 2.64. The van der Waals surface area contributed by atoms with Gasteiger partial charge in [0.2, 0.25) is 0 Å². The zero-order valence-corrected chi connectivity index (χ0v) is 10.5. The van der Waals surface area contributed by atoms with Gasteiger partial charge in [0, 0.05) is 19.0 Å². The first-order valence-corrected chi connectivity index (χ1v) is 5.82.